The van der Waals surface area contributed by atoms with E-state index in [1.807, 2.05) is 61.5 Å². The Morgan fingerprint density at radius 2 is 1.65 bits per heavy atom. The first kappa shape index (κ1) is 19.2. The number of ether oxygens (including phenoxy) is 1. The van der Waals surface area contributed by atoms with Crippen LogP contribution >= 0.6 is 7.60 Å². The summed E-state index contributed by atoms with van der Waals surface area (Å²) in [5, 5.41) is -0.519. The normalized spacial score (nSPS) is 16.9. The zero-order valence-corrected chi connectivity index (χ0v) is 16.6. The predicted molar refractivity (Wildman–Crippen MR) is 104 cm³/mol. The van der Waals surface area contributed by atoms with Crippen LogP contribution in [-0.4, -0.2) is 19.4 Å². The van der Waals surface area contributed by atoms with Gasteiger partial charge >= 0.3 is 7.60 Å². The van der Waals surface area contributed by atoms with Crippen LogP contribution in [0.3, 0.4) is 0 Å². The van der Waals surface area contributed by atoms with Crippen molar-refractivity contribution in [3.63, 3.8) is 0 Å². The van der Waals surface area contributed by atoms with Gasteiger partial charge in [-0.05, 0) is 55.4 Å². The van der Waals surface area contributed by atoms with Crippen molar-refractivity contribution < 1.29 is 18.3 Å². The molecule has 0 spiro atoms. The molecule has 1 aliphatic rings. The Balaban J connectivity index is 1.75. The Hall–Kier alpha value is -1.61. The summed E-state index contributed by atoms with van der Waals surface area (Å²) in [6.07, 6.45) is 2.77. The maximum Gasteiger partial charge on any atom is 0.336 e. The molecular formula is C21H27O4P. The molecule has 2 aromatic rings. The minimum Gasteiger partial charge on any atom is -0.489 e. The lowest BCUT2D eigenvalue weighted by Gasteiger charge is -2.35. The van der Waals surface area contributed by atoms with E-state index in [0.717, 1.165) is 29.7 Å². The topological polar surface area (TPSA) is 44.8 Å². The second-order valence-electron chi connectivity index (χ2n) is 7.09. The molecule has 5 heteroatoms. The zero-order chi connectivity index (χ0) is 18.6. The van der Waals surface area contributed by atoms with Gasteiger partial charge in [0, 0.05) is 14.2 Å². The molecule has 1 aliphatic carbocycles. The van der Waals surface area contributed by atoms with Crippen molar-refractivity contribution >= 4 is 7.60 Å². The number of rotatable bonds is 9. The summed E-state index contributed by atoms with van der Waals surface area (Å²) in [7, 11) is -0.228. The summed E-state index contributed by atoms with van der Waals surface area (Å²) >= 11 is 0. The van der Waals surface area contributed by atoms with Crippen LogP contribution in [0.2, 0.25) is 0 Å². The van der Waals surface area contributed by atoms with Gasteiger partial charge in [-0.25, -0.2) is 0 Å². The smallest absolute Gasteiger partial charge is 0.336 e. The summed E-state index contributed by atoms with van der Waals surface area (Å²) in [6, 6.07) is 18.1. The van der Waals surface area contributed by atoms with E-state index in [1.165, 1.54) is 14.2 Å². The molecule has 0 bridgehead atoms. The average Bonchev–Trinajstić information content (AvgIpc) is 3.52. The molecule has 26 heavy (non-hydrogen) atoms. The lowest BCUT2D eigenvalue weighted by atomic mass is 9.95. The molecule has 3 rings (SSSR count). The van der Waals surface area contributed by atoms with E-state index in [9.17, 15) is 4.57 Å². The van der Waals surface area contributed by atoms with Gasteiger partial charge in [-0.2, -0.15) is 0 Å². The third-order valence-corrected chi connectivity index (χ3v) is 8.01. The molecular weight excluding hydrogens is 347 g/mol. The van der Waals surface area contributed by atoms with E-state index in [-0.39, 0.29) is 0 Å². The van der Waals surface area contributed by atoms with Gasteiger partial charge < -0.3 is 13.8 Å². The van der Waals surface area contributed by atoms with Gasteiger partial charge in [-0.15, -0.1) is 0 Å². The Labute approximate surface area is 156 Å². The van der Waals surface area contributed by atoms with E-state index in [1.54, 1.807) is 0 Å². The number of hydrogen-bond donors (Lipinski definition) is 0. The first-order valence-corrected chi connectivity index (χ1v) is 10.5. The lowest BCUT2D eigenvalue weighted by molar-refractivity contribution is 0.239. The Morgan fingerprint density at radius 3 is 2.27 bits per heavy atom. The van der Waals surface area contributed by atoms with E-state index >= 15 is 0 Å². The number of benzene rings is 2. The van der Waals surface area contributed by atoms with E-state index in [4.69, 9.17) is 13.8 Å². The van der Waals surface area contributed by atoms with Crippen molar-refractivity contribution in [2.24, 2.45) is 5.92 Å². The Morgan fingerprint density at radius 1 is 1.00 bits per heavy atom. The molecule has 1 unspecified atom stereocenters. The second kappa shape index (κ2) is 7.96. The van der Waals surface area contributed by atoms with Crippen molar-refractivity contribution in [1.29, 1.82) is 0 Å². The van der Waals surface area contributed by atoms with Crippen molar-refractivity contribution in [2.45, 2.75) is 37.9 Å². The lowest BCUT2D eigenvalue weighted by Crippen LogP contribution is -2.32. The molecule has 0 aromatic heterocycles. The van der Waals surface area contributed by atoms with Gasteiger partial charge in [0.25, 0.3) is 0 Å². The van der Waals surface area contributed by atoms with E-state index in [2.05, 4.69) is 0 Å². The fourth-order valence-corrected chi connectivity index (χ4v) is 5.63. The summed E-state index contributed by atoms with van der Waals surface area (Å²) in [6.45, 7) is 2.55. The first-order valence-electron chi connectivity index (χ1n) is 8.98. The highest BCUT2D eigenvalue weighted by Gasteiger charge is 2.55. The van der Waals surface area contributed by atoms with E-state index in [0.29, 0.717) is 18.9 Å². The van der Waals surface area contributed by atoms with Crippen molar-refractivity contribution in [3.8, 4) is 5.75 Å². The maximum atomic E-state index is 13.2. The van der Waals surface area contributed by atoms with Crippen LogP contribution in [-0.2, 0) is 26.6 Å². The van der Waals surface area contributed by atoms with Crippen LogP contribution in [0.1, 0.15) is 30.9 Å². The van der Waals surface area contributed by atoms with Gasteiger partial charge in [0.15, 0.2) is 0 Å². The van der Waals surface area contributed by atoms with Crippen molar-refractivity contribution in [1.82, 2.24) is 0 Å². The molecule has 0 amide bonds. The fourth-order valence-electron chi connectivity index (χ4n) is 3.56. The molecule has 2 aromatic carbocycles. The van der Waals surface area contributed by atoms with Gasteiger partial charge in [-0.3, -0.25) is 4.57 Å². The van der Waals surface area contributed by atoms with Crippen LogP contribution in [0.25, 0.3) is 0 Å². The predicted octanol–water partition coefficient (Wildman–Crippen LogP) is 5.46. The molecule has 1 fully saturated rings. The van der Waals surface area contributed by atoms with Crippen molar-refractivity contribution in [3.05, 3.63) is 65.7 Å². The molecule has 0 saturated heterocycles. The average molecular weight is 374 g/mol. The molecule has 140 valence electrons. The highest BCUT2D eigenvalue weighted by atomic mass is 31.2. The summed E-state index contributed by atoms with van der Waals surface area (Å²) < 4.78 is 29.8. The van der Waals surface area contributed by atoms with Gasteiger partial charge in [-0.1, -0.05) is 42.5 Å². The minimum absolute atomic E-state index is 0.363. The van der Waals surface area contributed by atoms with E-state index < -0.39 is 12.8 Å². The highest BCUT2D eigenvalue weighted by Crippen LogP contribution is 2.67. The van der Waals surface area contributed by atoms with Gasteiger partial charge in [0.05, 0.1) is 5.16 Å². The first-order chi connectivity index (χ1) is 12.5. The largest absolute Gasteiger partial charge is 0.489 e. The van der Waals surface area contributed by atoms with Crippen LogP contribution in [0.5, 0.6) is 5.75 Å². The SMILES string of the molecule is COP(=O)(OC)C(C)(Cc1cccc(OCc2ccccc2)c1)C1CC1. The summed E-state index contributed by atoms with van der Waals surface area (Å²) in [4.78, 5) is 0. The van der Waals surface area contributed by atoms with Crippen molar-refractivity contribution in [2.75, 3.05) is 14.2 Å². The minimum atomic E-state index is -3.18. The molecule has 0 N–H and O–H groups in total. The highest BCUT2D eigenvalue weighted by molar-refractivity contribution is 7.55. The van der Waals surface area contributed by atoms with Crippen LogP contribution in [0, 0.1) is 5.92 Å². The van der Waals surface area contributed by atoms with Gasteiger partial charge in [0.2, 0.25) is 0 Å². The zero-order valence-electron chi connectivity index (χ0n) is 15.7. The molecule has 1 atom stereocenters. The molecule has 0 heterocycles. The molecule has 0 radical (unpaired) electrons. The van der Waals surface area contributed by atoms with Gasteiger partial charge in [0.1, 0.15) is 12.4 Å². The number of hydrogen-bond acceptors (Lipinski definition) is 4. The summed E-state index contributed by atoms with van der Waals surface area (Å²) in [5.74, 6) is 1.18. The summed E-state index contributed by atoms with van der Waals surface area (Å²) in [5.41, 5.74) is 2.21. The molecule has 4 nitrogen and oxygen atoms in total. The van der Waals surface area contributed by atoms with Crippen LogP contribution < -0.4 is 4.74 Å². The molecule has 0 aliphatic heterocycles. The quantitative estimate of drug-likeness (QED) is 0.547. The van der Waals surface area contributed by atoms with Crippen LogP contribution in [0.15, 0.2) is 54.6 Å². The monoisotopic (exact) mass is 374 g/mol. The Kier molecular flexibility index (Phi) is 5.86. The second-order valence-corrected chi connectivity index (χ2v) is 9.84. The molecule has 1 saturated carbocycles. The van der Waals surface area contributed by atoms with Crippen LogP contribution in [0.4, 0.5) is 0 Å². The third kappa shape index (κ3) is 4.03. The Bertz CT molecular complexity index is 765. The standard InChI is InChI=1S/C21H27O4P/c1-21(19-12-13-19,26(22,23-2)24-3)15-18-10-7-11-20(14-18)25-16-17-8-5-4-6-9-17/h4-11,14,19H,12-13,15-16H2,1-3H3. The fraction of sp³-hybridized carbons (Fsp3) is 0.429. The third-order valence-electron chi connectivity index (χ3n) is 5.27. The maximum absolute atomic E-state index is 13.2.